The van der Waals surface area contributed by atoms with Gasteiger partial charge in [-0.1, -0.05) is 17.7 Å². The lowest BCUT2D eigenvalue weighted by atomic mass is 9.83. The second kappa shape index (κ2) is 5.32. The summed E-state index contributed by atoms with van der Waals surface area (Å²) in [5.41, 5.74) is 3.60. The van der Waals surface area contributed by atoms with Crippen LogP contribution in [0.4, 0.5) is 5.69 Å². The summed E-state index contributed by atoms with van der Waals surface area (Å²) in [7, 11) is 0. The fraction of sp³-hybridized carbons (Fsp3) is 0.167. The lowest BCUT2D eigenvalue weighted by Crippen LogP contribution is -2.26. The topological polar surface area (TPSA) is 58.6 Å². The van der Waals surface area contributed by atoms with Crippen molar-refractivity contribution in [2.45, 2.75) is 12.3 Å². The number of hydrogen-bond donors (Lipinski definition) is 2. The van der Waals surface area contributed by atoms with Crippen LogP contribution in [0.2, 0.25) is 5.02 Å². The maximum Gasteiger partial charge on any atom is 0.225 e. The van der Waals surface area contributed by atoms with E-state index in [1.807, 2.05) is 24.3 Å². The minimum atomic E-state index is -0.0640. The molecule has 4 nitrogen and oxygen atoms in total. The van der Waals surface area contributed by atoms with Gasteiger partial charge < -0.3 is 15.2 Å². The van der Waals surface area contributed by atoms with Gasteiger partial charge in [0.1, 0.15) is 18.1 Å². The highest BCUT2D eigenvalue weighted by atomic mass is 35.5. The van der Waals surface area contributed by atoms with Crippen molar-refractivity contribution in [2.75, 3.05) is 11.9 Å². The Hall–Kier alpha value is -2.46. The van der Waals surface area contributed by atoms with E-state index in [1.165, 1.54) is 0 Å². The third-order valence-electron chi connectivity index (χ3n) is 4.23. The van der Waals surface area contributed by atoms with Crippen molar-refractivity contribution in [3.05, 3.63) is 58.1 Å². The fourth-order valence-electron chi connectivity index (χ4n) is 3.15. The zero-order valence-corrected chi connectivity index (χ0v) is 12.9. The maximum atomic E-state index is 12.0. The van der Waals surface area contributed by atoms with E-state index in [2.05, 4.69) is 5.32 Å². The van der Waals surface area contributed by atoms with Gasteiger partial charge in [0.25, 0.3) is 0 Å². The molecular weight excluding hydrogens is 314 g/mol. The number of amides is 1. The highest BCUT2D eigenvalue weighted by Gasteiger charge is 2.30. The molecule has 0 saturated carbocycles. The summed E-state index contributed by atoms with van der Waals surface area (Å²) in [5.74, 6) is 0.803. The molecule has 0 radical (unpaired) electrons. The molecule has 2 heterocycles. The van der Waals surface area contributed by atoms with Crippen molar-refractivity contribution < 1.29 is 14.6 Å². The Morgan fingerprint density at radius 2 is 2.09 bits per heavy atom. The third kappa shape index (κ3) is 2.55. The molecule has 0 bridgehead atoms. The number of fused-ring (bicyclic) bond motifs is 2. The average molecular weight is 328 g/mol. The van der Waals surface area contributed by atoms with Crippen LogP contribution in [-0.4, -0.2) is 17.6 Å². The Morgan fingerprint density at radius 1 is 1.22 bits per heavy atom. The molecule has 2 aromatic rings. The Bertz CT molecular complexity index is 844. The van der Waals surface area contributed by atoms with E-state index >= 15 is 0 Å². The Kier molecular flexibility index (Phi) is 3.27. The average Bonchev–Trinajstić information content (AvgIpc) is 2.53. The molecule has 0 fully saturated rings. The van der Waals surface area contributed by atoms with Crippen molar-refractivity contribution in [3.63, 3.8) is 0 Å². The van der Waals surface area contributed by atoms with Crippen LogP contribution >= 0.6 is 11.6 Å². The van der Waals surface area contributed by atoms with Crippen LogP contribution in [0.5, 0.6) is 11.5 Å². The first-order valence-corrected chi connectivity index (χ1v) is 7.73. The molecule has 5 heteroatoms. The first-order chi connectivity index (χ1) is 11.1. The minimum Gasteiger partial charge on any atom is -0.508 e. The van der Waals surface area contributed by atoms with E-state index < -0.39 is 0 Å². The Morgan fingerprint density at radius 3 is 2.96 bits per heavy atom. The molecule has 2 N–H and O–H groups in total. The largest absolute Gasteiger partial charge is 0.508 e. The summed E-state index contributed by atoms with van der Waals surface area (Å²) >= 11 is 6.06. The van der Waals surface area contributed by atoms with Gasteiger partial charge in [0.2, 0.25) is 5.91 Å². The molecule has 0 saturated heterocycles. The minimum absolute atomic E-state index is 0.0634. The summed E-state index contributed by atoms with van der Waals surface area (Å²) < 4.78 is 5.81. The summed E-state index contributed by atoms with van der Waals surface area (Å²) in [6.07, 6.45) is 2.41. The number of aromatic hydroxyl groups is 1. The van der Waals surface area contributed by atoms with Gasteiger partial charge in [-0.25, -0.2) is 0 Å². The quantitative estimate of drug-likeness (QED) is 0.834. The lowest BCUT2D eigenvalue weighted by Gasteiger charge is -2.30. The van der Waals surface area contributed by atoms with Crippen LogP contribution in [0, 0.1) is 0 Å². The van der Waals surface area contributed by atoms with E-state index in [0.717, 1.165) is 22.4 Å². The number of phenols is 1. The molecule has 116 valence electrons. The first kappa shape index (κ1) is 14.2. The number of nitrogens with one attached hydrogen (secondary N) is 1. The van der Waals surface area contributed by atoms with Gasteiger partial charge in [-0.3, -0.25) is 4.79 Å². The number of rotatable bonds is 1. The smallest absolute Gasteiger partial charge is 0.225 e. The normalized spacial score (nSPS) is 19.1. The number of halogens is 1. The molecule has 0 aromatic heterocycles. The number of carbonyl (C=O) groups is 1. The van der Waals surface area contributed by atoms with E-state index in [9.17, 15) is 9.90 Å². The molecule has 1 amide bonds. The summed E-state index contributed by atoms with van der Waals surface area (Å²) in [6, 6.07) is 10.6. The van der Waals surface area contributed by atoms with Crippen molar-refractivity contribution >= 4 is 29.3 Å². The molecule has 23 heavy (non-hydrogen) atoms. The van der Waals surface area contributed by atoms with Gasteiger partial charge in [0.05, 0.1) is 0 Å². The molecule has 0 spiro atoms. The molecular formula is C18H14ClNO3. The summed E-state index contributed by atoms with van der Waals surface area (Å²) in [4.78, 5) is 12.0. The zero-order valence-electron chi connectivity index (χ0n) is 12.2. The second-order valence-corrected chi connectivity index (χ2v) is 6.20. The van der Waals surface area contributed by atoms with Crippen molar-refractivity contribution in [1.82, 2.24) is 0 Å². The van der Waals surface area contributed by atoms with Crippen molar-refractivity contribution in [2.24, 2.45) is 0 Å². The van der Waals surface area contributed by atoms with E-state index in [1.54, 1.807) is 18.2 Å². The van der Waals surface area contributed by atoms with Gasteiger partial charge in [-0.15, -0.1) is 0 Å². The number of benzene rings is 2. The number of carbonyl (C=O) groups excluding carboxylic acids is 1. The van der Waals surface area contributed by atoms with Crippen LogP contribution in [0.1, 0.15) is 23.5 Å². The van der Waals surface area contributed by atoms with Crippen LogP contribution in [0.3, 0.4) is 0 Å². The van der Waals surface area contributed by atoms with Crippen molar-refractivity contribution in [1.29, 1.82) is 0 Å². The monoisotopic (exact) mass is 327 g/mol. The fourth-order valence-corrected chi connectivity index (χ4v) is 3.33. The van der Waals surface area contributed by atoms with Crippen LogP contribution in [0.25, 0.3) is 6.08 Å². The number of anilines is 1. The van der Waals surface area contributed by atoms with Crippen LogP contribution < -0.4 is 10.1 Å². The third-order valence-corrected chi connectivity index (χ3v) is 4.47. The van der Waals surface area contributed by atoms with Gasteiger partial charge in [0.15, 0.2) is 0 Å². The second-order valence-electron chi connectivity index (χ2n) is 5.77. The molecule has 0 aliphatic carbocycles. The lowest BCUT2D eigenvalue weighted by molar-refractivity contribution is -0.116. The Balaban J connectivity index is 1.78. The summed E-state index contributed by atoms with van der Waals surface area (Å²) in [6.45, 7) is 0.437. The van der Waals surface area contributed by atoms with Gasteiger partial charge in [-0.2, -0.15) is 0 Å². The molecule has 4 rings (SSSR count). The number of ether oxygens (including phenoxy) is 1. The zero-order chi connectivity index (χ0) is 16.0. The predicted molar refractivity (Wildman–Crippen MR) is 89.0 cm³/mol. The Labute approximate surface area is 138 Å². The molecule has 2 aromatic carbocycles. The molecule has 2 aliphatic rings. The maximum absolute atomic E-state index is 12.0. The van der Waals surface area contributed by atoms with Gasteiger partial charge >= 0.3 is 0 Å². The van der Waals surface area contributed by atoms with E-state index in [4.69, 9.17) is 16.3 Å². The molecule has 2 aliphatic heterocycles. The van der Waals surface area contributed by atoms with Crippen LogP contribution in [0.15, 0.2) is 42.0 Å². The number of hydrogen-bond acceptors (Lipinski definition) is 3. The summed E-state index contributed by atoms with van der Waals surface area (Å²) in [5, 5.41) is 13.1. The molecule has 1 atom stereocenters. The van der Waals surface area contributed by atoms with Gasteiger partial charge in [-0.05, 0) is 41.5 Å². The predicted octanol–water partition coefficient (Wildman–Crippen LogP) is 3.95. The highest BCUT2D eigenvalue weighted by molar-refractivity contribution is 6.30. The van der Waals surface area contributed by atoms with Gasteiger partial charge in [0, 0.05) is 34.7 Å². The highest BCUT2D eigenvalue weighted by Crippen LogP contribution is 2.41. The van der Waals surface area contributed by atoms with E-state index in [0.29, 0.717) is 23.7 Å². The van der Waals surface area contributed by atoms with Crippen molar-refractivity contribution in [3.8, 4) is 11.5 Å². The standard InChI is InChI=1S/C18H14ClNO3/c19-12-1-4-17-10(6-12)5-11(9-23-17)15-8-18(22)20-16-7-13(21)2-3-14(15)16/h1-7,15,21H,8-9H2,(H,20,22). The number of phenolic OH excluding ortho intramolecular Hbond substituents is 1. The van der Waals surface area contributed by atoms with Crippen LogP contribution in [-0.2, 0) is 4.79 Å². The first-order valence-electron chi connectivity index (χ1n) is 7.36. The molecule has 1 unspecified atom stereocenters. The van der Waals surface area contributed by atoms with E-state index in [-0.39, 0.29) is 17.6 Å². The SMILES string of the molecule is O=C1CC(C2=Cc3cc(Cl)ccc3OC2)c2ccc(O)cc2N1.